The molecule has 138 valence electrons. The zero-order valence-corrected chi connectivity index (χ0v) is 15.1. The lowest BCUT2D eigenvalue weighted by Crippen LogP contribution is -2.05. The van der Waals surface area contributed by atoms with Crippen molar-refractivity contribution in [1.82, 2.24) is 9.97 Å². The summed E-state index contributed by atoms with van der Waals surface area (Å²) in [6.45, 7) is 1.47. The first kappa shape index (κ1) is 17.5. The molecule has 0 saturated carbocycles. The Morgan fingerprint density at radius 3 is 2.50 bits per heavy atom. The third-order valence-corrected chi connectivity index (χ3v) is 4.49. The summed E-state index contributed by atoms with van der Waals surface area (Å²) < 4.78 is 0. The van der Waals surface area contributed by atoms with Gasteiger partial charge in [-0.15, -0.1) is 0 Å². The standard InChI is InChI=1S/C22H17N3O3/c1-13(26)25-18-4-2-3-16(9-18)17-10-19-20(12-24-21(19)23-11-17)14-5-7-15(8-6-14)22(27)28/h2-12H,1H3,(H,23,24)(H,25,26)(H,27,28). The van der Waals surface area contributed by atoms with Crippen LogP contribution in [0.25, 0.3) is 33.3 Å². The first-order valence-corrected chi connectivity index (χ1v) is 8.70. The van der Waals surface area contributed by atoms with E-state index in [0.29, 0.717) is 0 Å². The number of carbonyl (C=O) groups is 2. The van der Waals surface area contributed by atoms with Crippen LogP contribution in [0.5, 0.6) is 0 Å². The molecule has 6 heteroatoms. The van der Waals surface area contributed by atoms with Crippen molar-refractivity contribution >= 4 is 28.6 Å². The molecule has 6 nitrogen and oxygen atoms in total. The number of aromatic nitrogens is 2. The third-order valence-electron chi connectivity index (χ3n) is 4.49. The number of H-pyrrole nitrogens is 1. The molecule has 2 heterocycles. The van der Waals surface area contributed by atoms with Gasteiger partial charge in [0.2, 0.25) is 5.91 Å². The average Bonchev–Trinajstić information content (AvgIpc) is 3.11. The molecular formula is C22H17N3O3. The van der Waals surface area contributed by atoms with Gasteiger partial charge < -0.3 is 15.4 Å². The van der Waals surface area contributed by atoms with Crippen molar-refractivity contribution in [3.63, 3.8) is 0 Å². The molecule has 0 radical (unpaired) electrons. The van der Waals surface area contributed by atoms with Crippen LogP contribution in [0.1, 0.15) is 17.3 Å². The Kier molecular flexibility index (Phi) is 4.37. The number of aromatic amines is 1. The maximum atomic E-state index is 11.3. The molecule has 0 unspecified atom stereocenters. The van der Waals surface area contributed by atoms with Crippen molar-refractivity contribution in [3.05, 3.63) is 72.6 Å². The molecule has 1 amide bonds. The summed E-state index contributed by atoms with van der Waals surface area (Å²) >= 11 is 0. The number of aromatic carboxylic acids is 1. The number of carboxylic acid groups (broad SMARTS) is 1. The van der Waals surface area contributed by atoms with Gasteiger partial charge in [-0.05, 0) is 41.5 Å². The Morgan fingerprint density at radius 2 is 1.79 bits per heavy atom. The molecule has 0 spiro atoms. The molecule has 0 atom stereocenters. The molecule has 0 bridgehead atoms. The Balaban J connectivity index is 1.76. The summed E-state index contributed by atoms with van der Waals surface area (Å²) in [6, 6.07) is 16.4. The maximum Gasteiger partial charge on any atom is 0.335 e. The fraction of sp³-hybridized carbons (Fsp3) is 0.0455. The number of nitrogens with zero attached hydrogens (tertiary/aromatic N) is 1. The van der Waals surface area contributed by atoms with Gasteiger partial charge in [-0.1, -0.05) is 24.3 Å². The molecule has 4 rings (SSSR count). The molecule has 0 fully saturated rings. The molecular weight excluding hydrogens is 354 g/mol. The molecule has 0 aliphatic carbocycles. The van der Waals surface area contributed by atoms with Gasteiger partial charge in [0.15, 0.2) is 0 Å². The van der Waals surface area contributed by atoms with Crippen LogP contribution in [-0.4, -0.2) is 27.0 Å². The van der Waals surface area contributed by atoms with Gasteiger partial charge in [-0.25, -0.2) is 9.78 Å². The van der Waals surface area contributed by atoms with Crippen LogP contribution < -0.4 is 5.32 Å². The highest BCUT2D eigenvalue weighted by Crippen LogP contribution is 2.31. The van der Waals surface area contributed by atoms with E-state index in [-0.39, 0.29) is 11.5 Å². The molecule has 28 heavy (non-hydrogen) atoms. The van der Waals surface area contributed by atoms with Gasteiger partial charge in [0.1, 0.15) is 5.65 Å². The summed E-state index contributed by atoms with van der Waals surface area (Å²) in [5.41, 5.74) is 5.43. The lowest BCUT2D eigenvalue weighted by molar-refractivity contribution is -0.114. The number of pyridine rings is 1. The van der Waals surface area contributed by atoms with E-state index in [2.05, 4.69) is 15.3 Å². The van der Waals surface area contributed by atoms with E-state index < -0.39 is 5.97 Å². The van der Waals surface area contributed by atoms with E-state index in [0.717, 1.165) is 39.0 Å². The lowest BCUT2D eigenvalue weighted by atomic mass is 10.0. The normalized spacial score (nSPS) is 10.8. The zero-order valence-electron chi connectivity index (χ0n) is 15.1. The van der Waals surface area contributed by atoms with E-state index in [4.69, 9.17) is 5.11 Å². The number of hydrogen-bond acceptors (Lipinski definition) is 3. The first-order valence-electron chi connectivity index (χ1n) is 8.70. The number of fused-ring (bicyclic) bond motifs is 1. The van der Waals surface area contributed by atoms with Crippen LogP contribution in [0.2, 0.25) is 0 Å². The van der Waals surface area contributed by atoms with Crippen LogP contribution in [0.15, 0.2) is 67.0 Å². The number of carboxylic acids is 1. The Bertz CT molecular complexity index is 1190. The largest absolute Gasteiger partial charge is 0.478 e. The summed E-state index contributed by atoms with van der Waals surface area (Å²) in [5.74, 6) is -1.07. The van der Waals surface area contributed by atoms with E-state index in [1.807, 2.05) is 36.5 Å². The number of nitrogens with one attached hydrogen (secondary N) is 2. The highest BCUT2D eigenvalue weighted by molar-refractivity contribution is 5.97. The number of rotatable bonds is 4. The molecule has 2 aromatic heterocycles. The number of anilines is 1. The minimum absolute atomic E-state index is 0.122. The molecule has 3 N–H and O–H groups in total. The predicted molar refractivity (Wildman–Crippen MR) is 108 cm³/mol. The fourth-order valence-electron chi connectivity index (χ4n) is 3.17. The van der Waals surface area contributed by atoms with E-state index in [1.165, 1.54) is 6.92 Å². The van der Waals surface area contributed by atoms with Crippen LogP contribution >= 0.6 is 0 Å². The van der Waals surface area contributed by atoms with Crippen LogP contribution in [-0.2, 0) is 4.79 Å². The van der Waals surface area contributed by atoms with E-state index in [1.54, 1.807) is 30.5 Å². The Morgan fingerprint density at radius 1 is 1.00 bits per heavy atom. The van der Waals surface area contributed by atoms with Gasteiger partial charge in [-0.3, -0.25) is 4.79 Å². The summed E-state index contributed by atoms with van der Waals surface area (Å²) in [7, 11) is 0. The second-order valence-electron chi connectivity index (χ2n) is 6.47. The maximum absolute atomic E-state index is 11.3. The van der Waals surface area contributed by atoms with Gasteiger partial charge >= 0.3 is 5.97 Å². The van der Waals surface area contributed by atoms with Crippen molar-refractivity contribution in [2.75, 3.05) is 5.32 Å². The highest BCUT2D eigenvalue weighted by atomic mass is 16.4. The predicted octanol–water partition coefficient (Wildman–Crippen LogP) is 4.55. The van der Waals surface area contributed by atoms with Crippen LogP contribution in [0.3, 0.4) is 0 Å². The molecule has 0 aliphatic heterocycles. The Labute approximate surface area is 160 Å². The van der Waals surface area contributed by atoms with Gasteiger partial charge in [0, 0.05) is 41.5 Å². The second-order valence-corrected chi connectivity index (χ2v) is 6.47. The van der Waals surface area contributed by atoms with Crippen molar-refractivity contribution in [2.45, 2.75) is 6.92 Å². The van der Waals surface area contributed by atoms with E-state index in [9.17, 15) is 9.59 Å². The van der Waals surface area contributed by atoms with Crippen molar-refractivity contribution in [2.24, 2.45) is 0 Å². The number of benzene rings is 2. The molecule has 2 aromatic carbocycles. The quantitative estimate of drug-likeness (QED) is 0.490. The Hall–Kier alpha value is -3.93. The molecule has 0 aliphatic rings. The van der Waals surface area contributed by atoms with Crippen LogP contribution in [0, 0.1) is 0 Å². The topological polar surface area (TPSA) is 95.1 Å². The van der Waals surface area contributed by atoms with Crippen molar-refractivity contribution in [1.29, 1.82) is 0 Å². The zero-order chi connectivity index (χ0) is 19.7. The smallest absolute Gasteiger partial charge is 0.335 e. The third kappa shape index (κ3) is 3.35. The molecule has 4 aromatic rings. The summed E-state index contributed by atoms with van der Waals surface area (Å²) in [5, 5.41) is 12.8. The average molecular weight is 371 g/mol. The summed E-state index contributed by atoms with van der Waals surface area (Å²) in [6.07, 6.45) is 3.65. The number of carbonyl (C=O) groups excluding carboxylic acids is 1. The SMILES string of the molecule is CC(=O)Nc1cccc(-c2cnc3[nH]cc(-c4ccc(C(=O)O)cc4)c3c2)c1. The lowest BCUT2D eigenvalue weighted by Gasteiger charge is -2.07. The van der Waals surface area contributed by atoms with Gasteiger partial charge in [-0.2, -0.15) is 0 Å². The second kappa shape index (κ2) is 7.00. The van der Waals surface area contributed by atoms with Crippen molar-refractivity contribution < 1.29 is 14.7 Å². The number of hydrogen-bond donors (Lipinski definition) is 3. The monoisotopic (exact) mass is 371 g/mol. The van der Waals surface area contributed by atoms with E-state index >= 15 is 0 Å². The highest BCUT2D eigenvalue weighted by Gasteiger charge is 2.11. The van der Waals surface area contributed by atoms with Gasteiger partial charge in [0.05, 0.1) is 5.56 Å². The summed E-state index contributed by atoms with van der Waals surface area (Å²) in [4.78, 5) is 30.0. The first-order chi connectivity index (χ1) is 13.5. The minimum Gasteiger partial charge on any atom is -0.478 e. The fourth-order valence-corrected chi connectivity index (χ4v) is 3.17. The number of amides is 1. The minimum atomic E-state index is -0.950. The van der Waals surface area contributed by atoms with Crippen LogP contribution in [0.4, 0.5) is 5.69 Å². The van der Waals surface area contributed by atoms with Crippen molar-refractivity contribution in [3.8, 4) is 22.3 Å². The van der Waals surface area contributed by atoms with Gasteiger partial charge in [0.25, 0.3) is 0 Å². The molecule has 0 saturated heterocycles.